The molecular weight excluding hydrogens is 124 g/mol. The van der Waals surface area contributed by atoms with Gasteiger partial charge in [0, 0.05) is 6.04 Å². The highest BCUT2D eigenvalue weighted by atomic mass is 15.0. The molecule has 3 atom stereocenters. The molecule has 1 aliphatic carbocycles. The average molecular weight is 140 g/mol. The Kier molecular flexibility index (Phi) is 1.66. The van der Waals surface area contributed by atoms with E-state index < -0.39 is 0 Å². The van der Waals surface area contributed by atoms with Crippen LogP contribution in [0.15, 0.2) is 0 Å². The van der Waals surface area contributed by atoms with Crippen molar-refractivity contribution in [1.29, 1.82) is 0 Å². The van der Waals surface area contributed by atoms with Gasteiger partial charge in [0.25, 0.3) is 0 Å². The van der Waals surface area contributed by atoms with Crippen LogP contribution < -0.4 is 10.6 Å². The van der Waals surface area contributed by atoms with E-state index in [-0.39, 0.29) is 0 Å². The van der Waals surface area contributed by atoms with Crippen LogP contribution in [0.3, 0.4) is 0 Å². The van der Waals surface area contributed by atoms with Crippen molar-refractivity contribution >= 4 is 0 Å². The Morgan fingerprint density at radius 2 is 1.80 bits per heavy atom. The fourth-order valence-corrected chi connectivity index (χ4v) is 2.40. The van der Waals surface area contributed by atoms with E-state index in [1.54, 1.807) is 0 Å². The van der Waals surface area contributed by atoms with Crippen molar-refractivity contribution in [2.75, 3.05) is 20.1 Å². The molecular formula is C8H16N2. The summed E-state index contributed by atoms with van der Waals surface area (Å²) in [5, 5.41) is 6.81. The molecule has 2 rings (SSSR count). The van der Waals surface area contributed by atoms with Crippen molar-refractivity contribution in [1.82, 2.24) is 10.6 Å². The first kappa shape index (κ1) is 6.62. The zero-order chi connectivity index (χ0) is 6.97. The normalized spacial score (nSPS) is 45.9. The number of fused-ring (bicyclic) bond motifs is 1. The summed E-state index contributed by atoms with van der Waals surface area (Å²) in [6.07, 6.45) is 2.79. The molecule has 2 fully saturated rings. The zero-order valence-corrected chi connectivity index (χ0v) is 6.56. The van der Waals surface area contributed by atoms with Gasteiger partial charge in [0.05, 0.1) is 0 Å². The van der Waals surface area contributed by atoms with E-state index in [0.29, 0.717) is 0 Å². The number of hydrogen-bond donors (Lipinski definition) is 2. The summed E-state index contributed by atoms with van der Waals surface area (Å²) in [6, 6.07) is 0.817. The highest BCUT2D eigenvalue weighted by molar-refractivity contribution is 4.92. The molecule has 0 bridgehead atoms. The molecule has 1 heterocycles. The molecule has 0 unspecified atom stereocenters. The summed E-state index contributed by atoms with van der Waals surface area (Å²) in [7, 11) is 2.08. The van der Waals surface area contributed by atoms with Gasteiger partial charge < -0.3 is 10.6 Å². The standard InChI is InChI=1S/C8H16N2/c1-9-8-2-6-4-10-5-7(6)3-8/h6-10H,2-5H2,1H3/t6-,7+,8+. The second-order valence-corrected chi connectivity index (χ2v) is 3.64. The SMILES string of the molecule is CN[C@@H]1C[C@H]2CNC[C@H]2C1. The van der Waals surface area contributed by atoms with Crippen LogP contribution in [0, 0.1) is 11.8 Å². The fourth-order valence-electron chi connectivity index (χ4n) is 2.40. The number of hydrogen-bond acceptors (Lipinski definition) is 2. The lowest BCUT2D eigenvalue weighted by Crippen LogP contribution is -2.24. The molecule has 1 aliphatic heterocycles. The molecule has 0 aromatic carbocycles. The van der Waals surface area contributed by atoms with Crippen LogP contribution in [0.1, 0.15) is 12.8 Å². The van der Waals surface area contributed by atoms with Crippen molar-refractivity contribution in [3.05, 3.63) is 0 Å². The predicted molar refractivity (Wildman–Crippen MR) is 41.9 cm³/mol. The molecule has 0 aromatic rings. The van der Waals surface area contributed by atoms with Crippen LogP contribution in [-0.4, -0.2) is 26.2 Å². The molecule has 58 valence electrons. The second-order valence-electron chi connectivity index (χ2n) is 3.64. The van der Waals surface area contributed by atoms with Gasteiger partial charge in [-0.15, -0.1) is 0 Å². The minimum atomic E-state index is 0.817. The highest BCUT2D eigenvalue weighted by Gasteiger charge is 2.36. The van der Waals surface area contributed by atoms with Gasteiger partial charge in [-0.2, -0.15) is 0 Å². The van der Waals surface area contributed by atoms with Crippen LogP contribution in [0.4, 0.5) is 0 Å². The molecule has 10 heavy (non-hydrogen) atoms. The van der Waals surface area contributed by atoms with Crippen LogP contribution in [0.2, 0.25) is 0 Å². The minimum Gasteiger partial charge on any atom is -0.317 e. The topological polar surface area (TPSA) is 24.1 Å². The summed E-state index contributed by atoms with van der Waals surface area (Å²) >= 11 is 0. The first-order valence-electron chi connectivity index (χ1n) is 4.28. The summed E-state index contributed by atoms with van der Waals surface area (Å²) in [4.78, 5) is 0. The lowest BCUT2D eigenvalue weighted by atomic mass is 10.0. The first-order chi connectivity index (χ1) is 4.90. The maximum Gasteiger partial charge on any atom is 0.00705 e. The molecule has 0 aromatic heterocycles. The van der Waals surface area contributed by atoms with E-state index in [2.05, 4.69) is 17.7 Å². The van der Waals surface area contributed by atoms with Crippen molar-refractivity contribution < 1.29 is 0 Å². The molecule has 1 saturated carbocycles. The lowest BCUT2D eigenvalue weighted by Gasteiger charge is -2.08. The van der Waals surface area contributed by atoms with E-state index in [1.165, 1.54) is 25.9 Å². The molecule has 2 heteroatoms. The van der Waals surface area contributed by atoms with Gasteiger partial charge >= 0.3 is 0 Å². The second kappa shape index (κ2) is 2.51. The smallest absolute Gasteiger partial charge is 0.00705 e. The van der Waals surface area contributed by atoms with Crippen LogP contribution in [0.25, 0.3) is 0 Å². The molecule has 0 radical (unpaired) electrons. The molecule has 2 nitrogen and oxygen atoms in total. The van der Waals surface area contributed by atoms with Gasteiger partial charge in [0.1, 0.15) is 0 Å². The molecule has 0 amide bonds. The summed E-state index contributed by atoms with van der Waals surface area (Å²) in [5.41, 5.74) is 0. The Bertz CT molecular complexity index is 112. The van der Waals surface area contributed by atoms with E-state index >= 15 is 0 Å². The first-order valence-corrected chi connectivity index (χ1v) is 4.28. The fraction of sp³-hybridized carbons (Fsp3) is 1.00. The predicted octanol–water partition coefficient (Wildman–Crippen LogP) is 0.204. The molecule has 2 N–H and O–H groups in total. The van der Waals surface area contributed by atoms with Crippen molar-refractivity contribution in [3.63, 3.8) is 0 Å². The van der Waals surface area contributed by atoms with Crippen molar-refractivity contribution in [2.45, 2.75) is 18.9 Å². The minimum absolute atomic E-state index is 0.817. The van der Waals surface area contributed by atoms with Gasteiger partial charge in [-0.05, 0) is 44.8 Å². The maximum absolute atomic E-state index is 3.44. The molecule has 1 saturated heterocycles. The monoisotopic (exact) mass is 140 g/mol. The van der Waals surface area contributed by atoms with Crippen LogP contribution in [-0.2, 0) is 0 Å². The zero-order valence-electron chi connectivity index (χ0n) is 6.56. The van der Waals surface area contributed by atoms with Gasteiger partial charge in [0.15, 0.2) is 0 Å². The molecule has 0 spiro atoms. The Morgan fingerprint density at radius 1 is 1.20 bits per heavy atom. The average Bonchev–Trinajstić information content (AvgIpc) is 2.42. The van der Waals surface area contributed by atoms with Crippen molar-refractivity contribution in [3.8, 4) is 0 Å². The third-order valence-electron chi connectivity index (χ3n) is 3.06. The van der Waals surface area contributed by atoms with Crippen molar-refractivity contribution in [2.24, 2.45) is 11.8 Å². The Morgan fingerprint density at radius 3 is 2.30 bits per heavy atom. The largest absolute Gasteiger partial charge is 0.317 e. The van der Waals surface area contributed by atoms with E-state index in [9.17, 15) is 0 Å². The van der Waals surface area contributed by atoms with E-state index in [1.807, 2.05) is 0 Å². The quantitative estimate of drug-likeness (QED) is 0.544. The Hall–Kier alpha value is -0.0800. The summed E-state index contributed by atoms with van der Waals surface area (Å²) < 4.78 is 0. The van der Waals surface area contributed by atoms with Crippen LogP contribution >= 0.6 is 0 Å². The number of rotatable bonds is 1. The summed E-state index contributed by atoms with van der Waals surface area (Å²) in [5.74, 6) is 1.97. The molecule has 2 aliphatic rings. The Balaban J connectivity index is 1.94. The number of nitrogens with one attached hydrogen (secondary N) is 2. The van der Waals surface area contributed by atoms with E-state index in [4.69, 9.17) is 0 Å². The van der Waals surface area contributed by atoms with Gasteiger partial charge in [-0.3, -0.25) is 0 Å². The summed E-state index contributed by atoms with van der Waals surface area (Å²) in [6.45, 7) is 2.53. The van der Waals surface area contributed by atoms with E-state index in [0.717, 1.165) is 17.9 Å². The van der Waals surface area contributed by atoms with Gasteiger partial charge in [-0.25, -0.2) is 0 Å². The van der Waals surface area contributed by atoms with Gasteiger partial charge in [0.2, 0.25) is 0 Å². The highest BCUT2D eigenvalue weighted by Crippen LogP contribution is 2.33. The lowest BCUT2D eigenvalue weighted by molar-refractivity contribution is 0.494. The Labute approximate surface area is 62.4 Å². The third kappa shape index (κ3) is 0.956. The van der Waals surface area contributed by atoms with Crippen LogP contribution in [0.5, 0.6) is 0 Å². The third-order valence-corrected chi connectivity index (χ3v) is 3.06. The maximum atomic E-state index is 3.44. The van der Waals surface area contributed by atoms with Gasteiger partial charge in [-0.1, -0.05) is 0 Å².